The average molecular weight is 388 g/mol. The third kappa shape index (κ3) is 2.60. The van der Waals surface area contributed by atoms with Gasteiger partial charge >= 0.3 is 6.09 Å². The van der Waals surface area contributed by atoms with Crippen molar-refractivity contribution < 1.29 is 13.9 Å². The molecule has 0 aliphatic carbocycles. The highest BCUT2D eigenvalue weighted by Crippen LogP contribution is 2.25. The zero-order chi connectivity index (χ0) is 14.1. The lowest BCUT2D eigenvalue weighted by molar-refractivity contribution is 0.141. The molecule has 1 saturated heterocycles. The van der Waals surface area contributed by atoms with Crippen molar-refractivity contribution in [2.75, 3.05) is 11.4 Å². The van der Waals surface area contributed by atoms with Crippen LogP contribution in [0.25, 0.3) is 0 Å². The van der Waals surface area contributed by atoms with E-state index in [2.05, 4.69) is 15.4 Å². The Morgan fingerprint density at radius 2 is 2.40 bits per heavy atom. The fraction of sp³-hybridized carbons (Fsp3) is 0.250. The Morgan fingerprint density at radius 3 is 3.10 bits per heavy atom. The number of cyclic esters (lactones) is 1. The number of nitrogens with one attached hydrogen (secondary N) is 1. The standard InChI is InChI=1S/C12H10FIN4O2/c13-10-4-8(1-2-11(10)14)18-6-9(20-12(18)19)3-7-5-15-17-16-7/h1-2,4-5,9H,3,6H2,(H,15,16,17)/t9-/m1/s1. The molecule has 104 valence electrons. The fourth-order valence-electron chi connectivity index (χ4n) is 2.06. The Morgan fingerprint density at radius 1 is 1.55 bits per heavy atom. The first-order chi connectivity index (χ1) is 9.63. The molecule has 2 heterocycles. The molecule has 1 N–H and O–H groups in total. The van der Waals surface area contributed by atoms with Gasteiger partial charge in [0.2, 0.25) is 0 Å². The second-order valence-corrected chi connectivity index (χ2v) is 5.56. The third-order valence-corrected chi connectivity index (χ3v) is 3.88. The van der Waals surface area contributed by atoms with E-state index in [0.717, 1.165) is 5.69 Å². The quantitative estimate of drug-likeness (QED) is 0.818. The van der Waals surface area contributed by atoms with Crippen LogP contribution in [0.5, 0.6) is 0 Å². The Labute approximate surface area is 127 Å². The summed E-state index contributed by atoms with van der Waals surface area (Å²) in [6.07, 6.45) is 1.32. The van der Waals surface area contributed by atoms with Crippen LogP contribution in [-0.4, -0.2) is 34.2 Å². The van der Waals surface area contributed by atoms with Gasteiger partial charge in [-0.2, -0.15) is 0 Å². The average Bonchev–Trinajstić information content (AvgIpc) is 3.03. The molecule has 1 amide bonds. The normalized spacial score (nSPS) is 18.4. The molecule has 0 bridgehead atoms. The molecule has 0 saturated carbocycles. The molecule has 1 aromatic heterocycles. The van der Waals surface area contributed by atoms with Crippen molar-refractivity contribution in [1.29, 1.82) is 0 Å². The van der Waals surface area contributed by atoms with Crippen LogP contribution in [0, 0.1) is 9.39 Å². The summed E-state index contributed by atoms with van der Waals surface area (Å²) in [7, 11) is 0. The largest absolute Gasteiger partial charge is 0.444 e. The molecule has 8 heteroatoms. The fourth-order valence-corrected chi connectivity index (χ4v) is 2.39. The highest BCUT2D eigenvalue weighted by Gasteiger charge is 2.33. The Balaban J connectivity index is 1.75. The number of carbonyl (C=O) groups excluding carboxylic acids is 1. The lowest BCUT2D eigenvalue weighted by Gasteiger charge is -2.13. The van der Waals surface area contributed by atoms with E-state index < -0.39 is 6.09 Å². The molecule has 0 unspecified atom stereocenters. The summed E-state index contributed by atoms with van der Waals surface area (Å²) < 4.78 is 19.3. The first-order valence-corrected chi connectivity index (χ1v) is 6.99. The predicted octanol–water partition coefficient (Wildman–Crippen LogP) is 2.12. The number of nitrogens with zero attached hydrogens (tertiary/aromatic N) is 3. The van der Waals surface area contributed by atoms with E-state index in [4.69, 9.17) is 4.74 Å². The summed E-state index contributed by atoms with van der Waals surface area (Å²) in [5.41, 5.74) is 1.29. The monoisotopic (exact) mass is 388 g/mol. The third-order valence-electron chi connectivity index (χ3n) is 3.00. The van der Waals surface area contributed by atoms with Crippen LogP contribution in [-0.2, 0) is 11.2 Å². The molecule has 0 spiro atoms. The van der Waals surface area contributed by atoms with Crippen molar-refractivity contribution >= 4 is 34.4 Å². The van der Waals surface area contributed by atoms with Crippen molar-refractivity contribution in [2.45, 2.75) is 12.5 Å². The number of hydrogen-bond acceptors (Lipinski definition) is 4. The van der Waals surface area contributed by atoms with E-state index in [0.29, 0.717) is 22.2 Å². The molecule has 20 heavy (non-hydrogen) atoms. The number of ether oxygens (including phenoxy) is 1. The highest BCUT2D eigenvalue weighted by molar-refractivity contribution is 14.1. The Hall–Kier alpha value is -1.71. The number of carbonyl (C=O) groups is 1. The lowest BCUT2D eigenvalue weighted by Crippen LogP contribution is -2.25. The minimum Gasteiger partial charge on any atom is -0.444 e. The van der Waals surface area contributed by atoms with Gasteiger partial charge in [-0.25, -0.2) is 9.18 Å². The van der Waals surface area contributed by atoms with Gasteiger partial charge in [0.05, 0.1) is 24.1 Å². The molecule has 2 aromatic rings. The number of halogens is 2. The molecule has 1 aliphatic heterocycles. The second-order valence-electron chi connectivity index (χ2n) is 4.40. The minimum atomic E-state index is -0.469. The number of hydrogen-bond donors (Lipinski definition) is 1. The van der Waals surface area contributed by atoms with Gasteiger partial charge in [-0.05, 0) is 40.8 Å². The number of rotatable bonds is 3. The summed E-state index contributed by atoms with van der Waals surface area (Å²) in [5, 5.41) is 9.99. The van der Waals surface area contributed by atoms with Gasteiger partial charge in [-0.1, -0.05) is 5.21 Å². The summed E-state index contributed by atoms with van der Waals surface area (Å²) in [4.78, 5) is 13.3. The number of benzene rings is 1. The topological polar surface area (TPSA) is 71.1 Å². The molecular formula is C12H10FIN4O2. The number of aromatic nitrogens is 3. The number of H-pyrrole nitrogens is 1. The van der Waals surface area contributed by atoms with E-state index in [1.54, 1.807) is 18.3 Å². The van der Waals surface area contributed by atoms with Gasteiger partial charge in [0.1, 0.15) is 11.9 Å². The molecule has 1 aliphatic rings. The molecule has 6 nitrogen and oxygen atoms in total. The van der Waals surface area contributed by atoms with Crippen molar-refractivity contribution in [1.82, 2.24) is 15.4 Å². The van der Waals surface area contributed by atoms with Crippen molar-refractivity contribution in [3.05, 3.63) is 39.5 Å². The van der Waals surface area contributed by atoms with Crippen LogP contribution in [0.3, 0.4) is 0 Å². The first kappa shape index (κ1) is 13.3. The molecule has 1 fully saturated rings. The number of anilines is 1. The van der Waals surface area contributed by atoms with Crippen LogP contribution in [0.4, 0.5) is 14.9 Å². The molecule has 0 radical (unpaired) electrons. The zero-order valence-electron chi connectivity index (χ0n) is 10.2. The van der Waals surface area contributed by atoms with Gasteiger partial charge in [-0.3, -0.25) is 10.00 Å². The Bertz CT molecular complexity index is 634. The van der Waals surface area contributed by atoms with Gasteiger partial charge < -0.3 is 4.74 Å². The predicted molar refractivity (Wildman–Crippen MR) is 76.8 cm³/mol. The van der Waals surface area contributed by atoms with Crippen LogP contribution in [0.2, 0.25) is 0 Å². The van der Waals surface area contributed by atoms with Crippen LogP contribution in [0.15, 0.2) is 24.4 Å². The van der Waals surface area contributed by atoms with E-state index in [9.17, 15) is 9.18 Å². The summed E-state index contributed by atoms with van der Waals surface area (Å²) in [6, 6.07) is 4.67. The Kier molecular flexibility index (Phi) is 3.55. The highest BCUT2D eigenvalue weighted by atomic mass is 127. The van der Waals surface area contributed by atoms with Gasteiger partial charge in [0.25, 0.3) is 0 Å². The number of amides is 1. The molecule has 1 atom stereocenters. The SMILES string of the molecule is O=C1O[C@H](Cc2cnn[nH]2)CN1c1ccc(I)c(F)c1. The first-order valence-electron chi connectivity index (χ1n) is 5.91. The number of aromatic amines is 1. The minimum absolute atomic E-state index is 0.299. The van der Waals surface area contributed by atoms with Crippen LogP contribution < -0.4 is 4.90 Å². The zero-order valence-corrected chi connectivity index (χ0v) is 12.4. The summed E-state index contributed by atoms with van der Waals surface area (Å²) >= 11 is 1.90. The van der Waals surface area contributed by atoms with E-state index in [-0.39, 0.29) is 11.9 Å². The van der Waals surface area contributed by atoms with Crippen molar-refractivity contribution in [2.24, 2.45) is 0 Å². The maximum Gasteiger partial charge on any atom is 0.414 e. The van der Waals surface area contributed by atoms with Crippen molar-refractivity contribution in [3.8, 4) is 0 Å². The summed E-state index contributed by atoms with van der Waals surface area (Å²) in [5.74, 6) is -0.350. The molecule has 1 aromatic carbocycles. The molecular weight excluding hydrogens is 378 g/mol. The second kappa shape index (κ2) is 5.35. The molecule has 3 rings (SSSR count). The van der Waals surface area contributed by atoms with E-state index >= 15 is 0 Å². The smallest absolute Gasteiger partial charge is 0.414 e. The van der Waals surface area contributed by atoms with E-state index in [1.165, 1.54) is 11.0 Å². The van der Waals surface area contributed by atoms with Gasteiger partial charge in [-0.15, -0.1) is 5.10 Å². The van der Waals surface area contributed by atoms with Crippen molar-refractivity contribution in [3.63, 3.8) is 0 Å². The van der Waals surface area contributed by atoms with Crippen LogP contribution in [0.1, 0.15) is 5.69 Å². The maximum atomic E-state index is 13.6. The summed E-state index contributed by atoms with van der Waals surface area (Å²) in [6.45, 7) is 0.373. The van der Waals surface area contributed by atoms with E-state index in [1.807, 2.05) is 22.6 Å². The van der Waals surface area contributed by atoms with Crippen LogP contribution >= 0.6 is 22.6 Å². The van der Waals surface area contributed by atoms with Gasteiger partial charge in [0, 0.05) is 9.99 Å². The lowest BCUT2D eigenvalue weighted by atomic mass is 10.2. The maximum absolute atomic E-state index is 13.6. The van der Waals surface area contributed by atoms with Gasteiger partial charge in [0.15, 0.2) is 0 Å².